The lowest BCUT2D eigenvalue weighted by Gasteiger charge is -2.37. The van der Waals surface area contributed by atoms with E-state index in [0.29, 0.717) is 0 Å². The maximum atomic E-state index is 15.0. The highest BCUT2D eigenvalue weighted by Crippen LogP contribution is 2.52. The standard InChI is InChI=1S/C24H20Cl2F3NO2S.C15H9Cl2F3O2S.C13H23NOSi/c25-19-11-18(12-20(26)13-19)23(24(27,28)29)16-30(14-17-7-3-1-4-8-17)15-22(23)33(31,32)21-9-5-2-6-10-21;16-11-6-10(7-12(17)8-11)14(15(18,19)20)9-23(21,22)13-4-2-1-3-5-13;1-15-11-14(12-16(2,3)4)10-13-8-6-5-7-9-13/h1-13,22H,14-16H2;1-9H;5-9H,10-12H2,1-4H3/b;14-9+;. The minimum atomic E-state index is -4.89. The highest BCUT2D eigenvalue weighted by atomic mass is 35.5. The van der Waals surface area contributed by atoms with E-state index in [1.807, 2.05) is 6.07 Å². The number of hydrogen-bond acceptors (Lipinski definition) is 7. The van der Waals surface area contributed by atoms with Crippen molar-refractivity contribution < 1.29 is 47.9 Å². The van der Waals surface area contributed by atoms with Crippen molar-refractivity contribution in [1.82, 2.24) is 9.80 Å². The molecule has 6 aromatic carbocycles. The van der Waals surface area contributed by atoms with E-state index in [2.05, 4.69) is 54.9 Å². The zero-order valence-corrected chi connectivity index (χ0v) is 45.1. The summed E-state index contributed by atoms with van der Waals surface area (Å²) in [6, 6.07) is 40.6. The van der Waals surface area contributed by atoms with Gasteiger partial charge >= 0.3 is 12.4 Å². The number of likely N-dealkylation sites (tertiary alicyclic amines) is 1. The third kappa shape index (κ3) is 16.1. The molecule has 2 unspecified atom stereocenters. The van der Waals surface area contributed by atoms with Crippen molar-refractivity contribution >= 4 is 79.7 Å². The van der Waals surface area contributed by atoms with Crippen molar-refractivity contribution in [2.45, 2.75) is 65.5 Å². The zero-order valence-electron chi connectivity index (χ0n) is 39.4. The van der Waals surface area contributed by atoms with Gasteiger partial charge in [0.25, 0.3) is 0 Å². The lowest BCUT2D eigenvalue weighted by atomic mass is 9.78. The first-order chi connectivity index (χ1) is 33.6. The minimum absolute atomic E-state index is 0.0125. The van der Waals surface area contributed by atoms with Crippen LogP contribution in [0, 0.1) is 0 Å². The van der Waals surface area contributed by atoms with Gasteiger partial charge in [0, 0.05) is 58.8 Å². The monoisotopic (exact) mass is 1130 g/mol. The van der Waals surface area contributed by atoms with Crippen LogP contribution in [0.1, 0.15) is 22.3 Å². The van der Waals surface area contributed by atoms with Gasteiger partial charge in [-0.05, 0) is 89.1 Å². The predicted octanol–water partition coefficient (Wildman–Crippen LogP) is 14.5. The Morgan fingerprint density at radius 1 is 0.681 bits per heavy atom. The second-order valence-corrected chi connectivity index (χ2v) is 29.2. The van der Waals surface area contributed by atoms with E-state index in [4.69, 9.17) is 51.1 Å². The topological polar surface area (TPSA) is 84.0 Å². The van der Waals surface area contributed by atoms with Gasteiger partial charge in [-0.3, -0.25) is 9.80 Å². The molecule has 0 saturated carbocycles. The number of hydrogen-bond donors (Lipinski definition) is 0. The largest absolute Gasteiger partial charge is 0.417 e. The fourth-order valence-corrected chi connectivity index (χ4v) is 14.2. The van der Waals surface area contributed by atoms with E-state index >= 15 is 0 Å². The molecular weight excluding hydrogens is 1080 g/mol. The lowest BCUT2D eigenvalue weighted by Crippen LogP contribution is -2.54. The molecule has 1 heterocycles. The molecule has 0 aromatic heterocycles. The summed E-state index contributed by atoms with van der Waals surface area (Å²) >= 11 is 23.5. The molecule has 1 aliphatic heterocycles. The molecule has 20 heteroatoms. The number of halogens is 10. The van der Waals surface area contributed by atoms with Crippen LogP contribution in [-0.4, -0.2) is 85.4 Å². The van der Waals surface area contributed by atoms with Crippen molar-refractivity contribution in [1.29, 1.82) is 0 Å². The van der Waals surface area contributed by atoms with Gasteiger partial charge in [-0.2, -0.15) is 26.3 Å². The molecule has 7 rings (SSSR count). The number of sulfone groups is 2. The van der Waals surface area contributed by atoms with Crippen LogP contribution in [0.3, 0.4) is 0 Å². The van der Waals surface area contributed by atoms with Crippen molar-refractivity contribution in [2.24, 2.45) is 0 Å². The third-order valence-electron chi connectivity index (χ3n) is 11.1. The van der Waals surface area contributed by atoms with E-state index in [1.165, 1.54) is 89.4 Å². The summed E-state index contributed by atoms with van der Waals surface area (Å²) in [4.78, 5) is 3.53. The summed E-state index contributed by atoms with van der Waals surface area (Å²) in [7, 11) is -7.96. The maximum absolute atomic E-state index is 15.0. The molecular formula is C52H52Cl4F6N2O5S2Si. The average Bonchev–Trinajstić information content (AvgIpc) is 3.70. The molecule has 386 valence electrons. The number of ether oxygens (including phenoxy) is 1. The fraction of sp³-hybridized carbons (Fsp3) is 0.269. The SMILES string of the molecule is COCN(Cc1ccccc1)C[Si](C)(C)C.O=S(=O)(/C=C(\c1cc(Cl)cc(Cl)c1)C(F)(F)F)c1ccccc1.O=S(=O)(c1ccccc1)C1CN(Cc2ccccc2)CC1(c1cc(Cl)cc(Cl)c1)C(F)(F)F. The van der Waals surface area contributed by atoms with E-state index in [-0.39, 0.29) is 53.9 Å². The first kappa shape index (κ1) is 58.7. The molecule has 1 fully saturated rings. The molecule has 0 bridgehead atoms. The van der Waals surface area contributed by atoms with Gasteiger partial charge in [0.2, 0.25) is 0 Å². The number of allylic oxidation sites excluding steroid dienone is 1. The number of nitrogens with zero attached hydrogens (tertiary/aromatic N) is 2. The Morgan fingerprint density at radius 3 is 1.57 bits per heavy atom. The quantitative estimate of drug-likeness (QED) is 0.0610. The number of rotatable bonds is 14. The summed E-state index contributed by atoms with van der Waals surface area (Å²) in [6.07, 6.45) is -8.61. The van der Waals surface area contributed by atoms with Gasteiger partial charge in [-0.15, -0.1) is 0 Å². The van der Waals surface area contributed by atoms with Gasteiger partial charge < -0.3 is 4.74 Å². The van der Waals surface area contributed by atoms with Crippen LogP contribution in [0.2, 0.25) is 39.7 Å². The van der Waals surface area contributed by atoms with Crippen molar-refractivity contribution in [3.63, 3.8) is 0 Å². The van der Waals surface area contributed by atoms with Crippen LogP contribution in [0.25, 0.3) is 5.57 Å². The first-order valence-electron chi connectivity index (χ1n) is 22.0. The first-order valence-corrected chi connectivity index (χ1v) is 30.3. The highest BCUT2D eigenvalue weighted by molar-refractivity contribution is 7.94. The molecule has 1 aliphatic rings. The van der Waals surface area contributed by atoms with E-state index in [0.717, 1.165) is 31.0 Å². The molecule has 1 saturated heterocycles. The Kier molecular flexibility index (Phi) is 20.3. The van der Waals surface area contributed by atoms with Gasteiger partial charge in [0.1, 0.15) is 5.41 Å². The Hall–Kier alpha value is -4.20. The van der Waals surface area contributed by atoms with Crippen molar-refractivity contribution in [2.75, 3.05) is 33.1 Å². The normalized spacial score (nSPS) is 16.9. The van der Waals surface area contributed by atoms with Crippen LogP contribution in [0.15, 0.2) is 173 Å². The molecule has 72 heavy (non-hydrogen) atoms. The van der Waals surface area contributed by atoms with Gasteiger partial charge in [-0.25, -0.2) is 16.8 Å². The summed E-state index contributed by atoms with van der Waals surface area (Å²) in [5.74, 6) is 0. The van der Waals surface area contributed by atoms with Crippen LogP contribution < -0.4 is 0 Å². The number of methoxy groups -OCH3 is 1. The molecule has 0 spiro atoms. The van der Waals surface area contributed by atoms with Crippen molar-refractivity contribution in [3.8, 4) is 0 Å². The Bertz CT molecular complexity index is 2930. The Balaban J connectivity index is 0.000000215. The zero-order chi connectivity index (χ0) is 53.1. The average molecular weight is 1130 g/mol. The summed E-state index contributed by atoms with van der Waals surface area (Å²) in [5, 5.41) is -1.63. The van der Waals surface area contributed by atoms with E-state index in [1.54, 1.807) is 43.5 Å². The molecule has 0 amide bonds. The number of alkyl halides is 6. The highest BCUT2D eigenvalue weighted by Gasteiger charge is 2.68. The third-order valence-corrected chi connectivity index (χ3v) is 17.1. The van der Waals surface area contributed by atoms with Crippen LogP contribution >= 0.6 is 46.4 Å². The Labute approximate surface area is 438 Å². The van der Waals surface area contributed by atoms with Crippen LogP contribution in [0.5, 0.6) is 0 Å². The molecule has 0 aliphatic carbocycles. The van der Waals surface area contributed by atoms with Gasteiger partial charge in [0.05, 0.1) is 35.4 Å². The second kappa shape index (κ2) is 24.9. The molecule has 0 N–H and O–H groups in total. The lowest BCUT2D eigenvalue weighted by molar-refractivity contribution is -0.186. The van der Waals surface area contributed by atoms with Crippen LogP contribution in [0.4, 0.5) is 26.3 Å². The summed E-state index contributed by atoms with van der Waals surface area (Å²) in [5.41, 5.74) is -2.59. The molecule has 6 aromatic rings. The smallest absolute Gasteiger partial charge is 0.369 e. The molecule has 0 radical (unpaired) electrons. The van der Waals surface area contributed by atoms with E-state index < -0.39 is 68.4 Å². The Morgan fingerprint density at radius 2 is 1.12 bits per heavy atom. The van der Waals surface area contributed by atoms with E-state index in [9.17, 15) is 43.2 Å². The van der Waals surface area contributed by atoms with Crippen LogP contribution in [-0.2, 0) is 42.9 Å². The van der Waals surface area contributed by atoms with Gasteiger partial charge in [0.15, 0.2) is 19.7 Å². The fourth-order valence-electron chi connectivity index (χ4n) is 8.22. The maximum Gasteiger partial charge on any atom is 0.417 e. The minimum Gasteiger partial charge on any atom is -0.369 e. The van der Waals surface area contributed by atoms with Gasteiger partial charge in [-0.1, -0.05) is 163 Å². The summed E-state index contributed by atoms with van der Waals surface area (Å²) in [6.45, 7) is 8.21. The predicted molar refractivity (Wildman–Crippen MR) is 280 cm³/mol. The van der Waals surface area contributed by atoms with Crippen molar-refractivity contribution in [3.05, 3.63) is 205 Å². The summed E-state index contributed by atoms with van der Waals surface area (Å²) < 4.78 is 142. The number of benzene rings is 6. The molecule has 7 nitrogen and oxygen atoms in total. The second-order valence-electron chi connectivity index (χ2n) is 18.1. The molecule has 2 atom stereocenters.